The first-order valence-electron chi connectivity index (χ1n) is 24.8. The van der Waals surface area contributed by atoms with Gasteiger partial charge in [-0.05, 0) is 39.5 Å². The van der Waals surface area contributed by atoms with Gasteiger partial charge in [-0.15, -0.1) is 13.2 Å². The molecule has 19 nitrogen and oxygen atoms in total. The van der Waals surface area contributed by atoms with Crippen LogP contribution in [0.3, 0.4) is 0 Å². The van der Waals surface area contributed by atoms with Gasteiger partial charge in [0.25, 0.3) is 0 Å². The van der Waals surface area contributed by atoms with Crippen LogP contribution in [0.4, 0.5) is 13.2 Å². The van der Waals surface area contributed by atoms with Crippen LogP contribution in [0.2, 0.25) is 0 Å². The summed E-state index contributed by atoms with van der Waals surface area (Å²) < 4.78 is 65.0. The predicted molar refractivity (Wildman–Crippen MR) is 259 cm³/mol. The first-order chi connectivity index (χ1) is 34.3. The summed E-state index contributed by atoms with van der Waals surface area (Å²) in [5.41, 5.74) is 6.06. The Kier molecular flexibility index (Phi) is 27.3. The van der Waals surface area contributed by atoms with E-state index in [4.69, 9.17) is 24.7 Å². The molecule has 2 bridgehead atoms. The zero-order valence-corrected chi connectivity index (χ0v) is 41.8. The molecule has 0 saturated carbocycles. The van der Waals surface area contributed by atoms with Crippen LogP contribution in [-0.4, -0.2) is 180 Å². The number of hydrogen-bond acceptors (Lipinski definition) is 18. The molecule has 0 aliphatic carbocycles. The van der Waals surface area contributed by atoms with Crippen molar-refractivity contribution in [2.75, 3.05) is 13.2 Å². The molecule has 13 N–H and O–H groups in total. The van der Waals surface area contributed by atoms with Gasteiger partial charge in [0.15, 0.2) is 12.1 Å². The maximum Gasteiger partial charge on any atom is 0.522 e. The van der Waals surface area contributed by atoms with E-state index in [2.05, 4.69) is 10.1 Å². The lowest BCUT2D eigenvalue weighted by molar-refractivity contribution is -0.324. The fourth-order valence-electron chi connectivity index (χ4n) is 8.58. The molecule has 2 fully saturated rings. The van der Waals surface area contributed by atoms with Gasteiger partial charge >= 0.3 is 12.3 Å². The number of halogens is 3. The smallest absolute Gasteiger partial charge is 0.462 e. The second kappa shape index (κ2) is 31.4. The third-order valence-corrected chi connectivity index (χ3v) is 12.9. The summed E-state index contributed by atoms with van der Waals surface area (Å²) in [5, 5.41) is 112. The van der Waals surface area contributed by atoms with E-state index in [1.807, 2.05) is 6.92 Å². The Labute approximate surface area is 424 Å². The van der Waals surface area contributed by atoms with E-state index < -0.39 is 160 Å². The number of cyclic esters (lactones) is 1. The van der Waals surface area contributed by atoms with Crippen LogP contribution in [0, 0.1) is 17.8 Å². The first kappa shape index (κ1) is 63.6. The largest absolute Gasteiger partial charge is 0.522 e. The zero-order chi connectivity index (χ0) is 54.5. The summed E-state index contributed by atoms with van der Waals surface area (Å²) in [7, 11) is 0. The number of nitrogens with two attached hydrogens (primary N) is 1. The molecule has 3 aliphatic heterocycles. The van der Waals surface area contributed by atoms with Crippen LogP contribution in [0.1, 0.15) is 85.5 Å². The lowest BCUT2D eigenvalue weighted by Crippen LogP contribution is -2.62. The lowest BCUT2D eigenvalue weighted by Gasteiger charge is -2.46. The highest BCUT2D eigenvalue weighted by Gasteiger charge is 2.51. The maximum absolute atomic E-state index is 13.7. The molecule has 3 rings (SSSR count). The summed E-state index contributed by atoms with van der Waals surface area (Å²) in [6, 6.07) is -1.21. The Morgan fingerprint density at radius 1 is 0.726 bits per heavy atom. The molecule has 0 aromatic rings. The summed E-state index contributed by atoms with van der Waals surface area (Å²) in [6.07, 6.45) is -3.06. The standard InChI is InChI=1S/C51H79F3N2O17/c1-30-18-15-13-11-9-7-5-6-8-10-12-14-16-19-37(72-49-47(66)44(55)46(65)33(4)71-49)27-41-43(48(67)56-22-17-23-69-51(52,53)54)40(62)29-50(68,73-41)28-36(59)25-39(61)38(60)21-20-34(57)24-35(58)26-42(63)70-32(3)31(2)45(30)64/h5-16,18-19,30-41,43-47,49,57-62,64-66,68H,17,20-29,55H2,1-4H3,(H,56,67)/b6-5+,9-7+,10-8+,13-11+,14-12+,18-15+,19-16+/t30-,31-,32-,33+,34+,35+,36-,37-,38+,39+,40-,41-,43+,44-,45+,46+,47-,49-,50+/m0/s1. The van der Waals surface area contributed by atoms with Crippen LogP contribution in [0.25, 0.3) is 0 Å². The van der Waals surface area contributed by atoms with Crippen molar-refractivity contribution in [1.29, 1.82) is 0 Å². The van der Waals surface area contributed by atoms with Crippen molar-refractivity contribution in [3.05, 3.63) is 85.1 Å². The average Bonchev–Trinajstić information content (AvgIpc) is 3.29. The molecule has 19 atom stereocenters. The van der Waals surface area contributed by atoms with Crippen molar-refractivity contribution in [3.8, 4) is 0 Å². The molecular formula is C51H79F3N2O17. The number of amides is 1. The predicted octanol–water partition coefficient (Wildman–Crippen LogP) is 1.67. The van der Waals surface area contributed by atoms with Gasteiger partial charge in [-0.25, -0.2) is 0 Å². The van der Waals surface area contributed by atoms with E-state index in [0.29, 0.717) is 0 Å². The summed E-state index contributed by atoms with van der Waals surface area (Å²) in [4.78, 5) is 26.4. The van der Waals surface area contributed by atoms with E-state index in [1.165, 1.54) is 13.0 Å². The molecule has 0 unspecified atom stereocenters. The van der Waals surface area contributed by atoms with Gasteiger partial charge in [0.1, 0.15) is 12.2 Å². The third-order valence-electron chi connectivity index (χ3n) is 12.9. The number of aliphatic hydroxyl groups is 10. The number of fused-ring (bicyclic) bond motifs is 2. The fourth-order valence-corrected chi connectivity index (χ4v) is 8.58. The zero-order valence-electron chi connectivity index (χ0n) is 41.8. The van der Waals surface area contributed by atoms with Gasteiger partial charge in [0, 0.05) is 44.1 Å². The van der Waals surface area contributed by atoms with E-state index in [-0.39, 0.29) is 44.6 Å². The van der Waals surface area contributed by atoms with E-state index in [1.54, 1.807) is 92.8 Å². The van der Waals surface area contributed by atoms with Gasteiger partial charge in [-0.1, -0.05) is 98.9 Å². The van der Waals surface area contributed by atoms with Crippen molar-refractivity contribution in [3.63, 3.8) is 0 Å². The van der Waals surface area contributed by atoms with E-state index in [0.717, 1.165) is 0 Å². The number of esters is 1. The number of carbonyl (C=O) groups is 2. The highest BCUT2D eigenvalue weighted by molar-refractivity contribution is 5.80. The van der Waals surface area contributed by atoms with Gasteiger partial charge in [0.2, 0.25) is 5.91 Å². The van der Waals surface area contributed by atoms with Crippen molar-refractivity contribution in [1.82, 2.24) is 5.32 Å². The number of aliphatic hydroxyl groups excluding tert-OH is 9. The summed E-state index contributed by atoms with van der Waals surface area (Å²) in [6.45, 7) is 5.57. The molecule has 3 aliphatic rings. The molecule has 0 aromatic heterocycles. The van der Waals surface area contributed by atoms with Crippen LogP contribution in [-0.2, 0) is 33.3 Å². The monoisotopic (exact) mass is 1050 g/mol. The minimum absolute atomic E-state index is 0.147. The molecule has 22 heteroatoms. The van der Waals surface area contributed by atoms with Crippen LogP contribution in [0.5, 0.6) is 0 Å². The number of nitrogens with one attached hydrogen (secondary N) is 1. The quantitative estimate of drug-likeness (QED) is 0.127. The van der Waals surface area contributed by atoms with Crippen molar-refractivity contribution >= 4 is 11.9 Å². The molecule has 0 spiro atoms. The van der Waals surface area contributed by atoms with E-state index >= 15 is 0 Å². The second-order valence-corrected chi connectivity index (χ2v) is 19.2. The van der Waals surface area contributed by atoms with Gasteiger partial charge in [-0.3, -0.25) is 14.3 Å². The Hall–Kier alpha value is -3.69. The normalized spacial score (nSPS) is 42.0. The highest BCUT2D eigenvalue weighted by atomic mass is 19.4. The molecular weight excluding hydrogens is 970 g/mol. The minimum Gasteiger partial charge on any atom is -0.462 e. The number of rotatable bonds is 7. The average molecular weight is 1050 g/mol. The second-order valence-electron chi connectivity index (χ2n) is 19.2. The topological polar surface area (TPSA) is 321 Å². The summed E-state index contributed by atoms with van der Waals surface area (Å²) in [5.74, 6) is -6.33. The van der Waals surface area contributed by atoms with Gasteiger partial charge < -0.3 is 81.1 Å². The first-order valence-corrected chi connectivity index (χ1v) is 24.8. The Bertz CT molecular complexity index is 1870. The molecule has 3 heterocycles. The number of alkyl halides is 3. The van der Waals surface area contributed by atoms with Gasteiger partial charge in [0.05, 0.1) is 92.1 Å². The molecule has 2 saturated heterocycles. The SMILES string of the molecule is C[C@@H]1[C@H](O)[C@@H](C)/C=C/C=C/C=C/C=C/C=C/C=C/C=C/[C@H](O[C@@H]2O[C@H](C)[C@@H](O)[C@H](N)[C@@H]2O)C[C@@H]2O[C@](O)(C[C@@H](O)C[C@@H](O)[C@H](O)CC[C@@H](O)C[C@@H](O)CC(=O)O[C@H]1C)C[C@H](O)[C@H]2C(=O)NCCCOC(F)(F)F. The molecule has 0 aromatic carbocycles. The van der Waals surface area contributed by atoms with Crippen LogP contribution >= 0.6 is 0 Å². The Morgan fingerprint density at radius 3 is 1.92 bits per heavy atom. The number of ether oxygens (including phenoxy) is 5. The lowest BCUT2D eigenvalue weighted by atomic mass is 9.82. The summed E-state index contributed by atoms with van der Waals surface area (Å²) >= 11 is 0. The van der Waals surface area contributed by atoms with Gasteiger partial charge in [-0.2, -0.15) is 0 Å². The van der Waals surface area contributed by atoms with Crippen LogP contribution in [0.15, 0.2) is 85.1 Å². The molecule has 416 valence electrons. The fraction of sp³-hybridized carbons (Fsp3) is 0.686. The number of hydrogen-bond donors (Lipinski definition) is 12. The van der Waals surface area contributed by atoms with Crippen molar-refractivity contribution in [2.24, 2.45) is 23.5 Å². The number of carbonyl (C=O) groups excluding carboxylic acids is 2. The minimum atomic E-state index is -4.90. The van der Waals surface area contributed by atoms with Crippen LogP contribution < -0.4 is 11.1 Å². The third kappa shape index (κ3) is 23.0. The highest BCUT2D eigenvalue weighted by Crippen LogP contribution is 2.38. The molecule has 0 radical (unpaired) electrons. The maximum atomic E-state index is 13.7. The molecule has 1 amide bonds. The Balaban J connectivity index is 1.93. The Morgan fingerprint density at radius 2 is 1.32 bits per heavy atom. The van der Waals surface area contributed by atoms with E-state index in [9.17, 15) is 73.8 Å². The van der Waals surface area contributed by atoms with Crippen molar-refractivity contribution in [2.45, 2.75) is 189 Å². The van der Waals surface area contributed by atoms with Crippen molar-refractivity contribution < 1.29 is 97.5 Å². The molecule has 73 heavy (non-hydrogen) atoms. The number of allylic oxidation sites excluding steroid dienone is 12.